The van der Waals surface area contributed by atoms with Crippen LogP contribution in [0, 0.1) is 0 Å². The third-order valence-electron chi connectivity index (χ3n) is 2.16. The van der Waals surface area contributed by atoms with Crippen molar-refractivity contribution in [2.45, 2.75) is 25.9 Å². The first-order chi connectivity index (χ1) is 6.24. The van der Waals surface area contributed by atoms with Crippen molar-refractivity contribution in [2.24, 2.45) is 0 Å². The summed E-state index contributed by atoms with van der Waals surface area (Å²) in [5, 5.41) is 2.97. The minimum absolute atomic E-state index is 0.0434. The molecule has 0 aliphatic carbocycles. The normalized spacial score (nSPS) is 18.8. The molecule has 0 bridgehead atoms. The summed E-state index contributed by atoms with van der Waals surface area (Å²) in [6, 6.07) is 0. The Labute approximate surface area is 79.2 Å². The fraction of sp³-hybridized carbons (Fsp3) is 0.889. The van der Waals surface area contributed by atoms with Crippen LogP contribution in [0.4, 0.5) is 4.79 Å². The molecule has 76 valence electrons. The van der Waals surface area contributed by atoms with Crippen LogP contribution in [0.5, 0.6) is 0 Å². The lowest BCUT2D eigenvalue weighted by molar-refractivity contribution is 0.0769. The number of carbonyl (C=O) groups is 1. The molecular formula is C9H18N2O2. The highest BCUT2D eigenvalue weighted by atomic mass is 16.6. The van der Waals surface area contributed by atoms with E-state index in [2.05, 4.69) is 5.32 Å². The van der Waals surface area contributed by atoms with Crippen molar-refractivity contribution in [1.29, 1.82) is 0 Å². The van der Waals surface area contributed by atoms with E-state index < -0.39 is 0 Å². The lowest BCUT2D eigenvalue weighted by Crippen LogP contribution is -2.34. The molecule has 1 heterocycles. The van der Waals surface area contributed by atoms with Crippen molar-refractivity contribution in [1.82, 2.24) is 10.2 Å². The van der Waals surface area contributed by atoms with Crippen molar-refractivity contribution < 1.29 is 9.53 Å². The number of rotatable bonds is 3. The van der Waals surface area contributed by atoms with Crippen LogP contribution >= 0.6 is 0 Å². The van der Waals surface area contributed by atoms with Gasteiger partial charge in [0.1, 0.15) is 6.10 Å². The average molecular weight is 186 g/mol. The maximum Gasteiger partial charge on any atom is 0.410 e. The molecule has 1 saturated heterocycles. The van der Waals surface area contributed by atoms with Gasteiger partial charge in [-0.3, -0.25) is 0 Å². The van der Waals surface area contributed by atoms with E-state index in [0.717, 1.165) is 25.9 Å². The molecule has 0 saturated carbocycles. The van der Waals surface area contributed by atoms with E-state index in [9.17, 15) is 4.79 Å². The van der Waals surface area contributed by atoms with Crippen LogP contribution in [-0.4, -0.2) is 43.8 Å². The number of hydrogen-bond acceptors (Lipinski definition) is 3. The largest absolute Gasteiger partial charge is 0.445 e. The van der Waals surface area contributed by atoms with Crippen LogP contribution in [0.2, 0.25) is 0 Å². The molecule has 1 aliphatic rings. The number of likely N-dealkylation sites (tertiary alicyclic amines) is 1. The summed E-state index contributed by atoms with van der Waals surface area (Å²) in [6.07, 6.45) is 2.00. The summed E-state index contributed by atoms with van der Waals surface area (Å²) >= 11 is 0. The summed E-state index contributed by atoms with van der Waals surface area (Å²) in [5.74, 6) is 0. The molecule has 0 aromatic carbocycles. The topological polar surface area (TPSA) is 41.6 Å². The molecule has 1 atom stereocenters. The van der Waals surface area contributed by atoms with E-state index in [1.165, 1.54) is 0 Å². The predicted molar refractivity (Wildman–Crippen MR) is 50.7 cm³/mol. The lowest BCUT2D eigenvalue weighted by atomic mass is 10.4. The molecule has 1 N–H and O–H groups in total. The molecule has 1 fully saturated rings. The van der Waals surface area contributed by atoms with Crippen molar-refractivity contribution in [3.05, 3.63) is 0 Å². The van der Waals surface area contributed by atoms with Gasteiger partial charge in [0.05, 0.1) is 0 Å². The molecule has 1 amide bonds. The maximum atomic E-state index is 11.4. The summed E-state index contributed by atoms with van der Waals surface area (Å²) < 4.78 is 5.20. The van der Waals surface area contributed by atoms with Gasteiger partial charge in [-0.15, -0.1) is 0 Å². The van der Waals surface area contributed by atoms with E-state index in [4.69, 9.17) is 4.74 Å². The summed E-state index contributed by atoms with van der Waals surface area (Å²) in [7, 11) is 1.85. The Bertz CT molecular complexity index is 167. The molecule has 4 heteroatoms. The molecular weight excluding hydrogens is 168 g/mol. The molecule has 0 radical (unpaired) electrons. The zero-order chi connectivity index (χ0) is 9.68. The van der Waals surface area contributed by atoms with E-state index >= 15 is 0 Å². The van der Waals surface area contributed by atoms with E-state index in [0.29, 0.717) is 6.54 Å². The quantitative estimate of drug-likeness (QED) is 0.709. The zero-order valence-electron chi connectivity index (χ0n) is 8.38. The highest BCUT2D eigenvalue weighted by molar-refractivity contribution is 5.68. The highest BCUT2D eigenvalue weighted by Gasteiger charge is 2.20. The highest BCUT2D eigenvalue weighted by Crippen LogP contribution is 2.09. The number of nitrogens with zero attached hydrogens (tertiary/aromatic N) is 1. The van der Waals surface area contributed by atoms with Gasteiger partial charge in [-0.2, -0.15) is 0 Å². The van der Waals surface area contributed by atoms with Crippen molar-refractivity contribution in [3.63, 3.8) is 0 Å². The third-order valence-corrected chi connectivity index (χ3v) is 2.16. The van der Waals surface area contributed by atoms with Crippen molar-refractivity contribution in [3.8, 4) is 0 Å². The Kier molecular flexibility index (Phi) is 4.02. The molecule has 13 heavy (non-hydrogen) atoms. The van der Waals surface area contributed by atoms with Crippen LogP contribution in [0.3, 0.4) is 0 Å². The van der Waals surface area contributed by atoms with Gasteiger partial charge >= 0.3 is 6.09 Å². The SMILES string of the molecule is CNCC(C)OC(=O)N1CCCC1. The van der Waals surface area contributed by atoms with Crippen LogP contribution in [0.15, 0.2) is 0 Å². The van der Waals surface area contributed by atoms with E-state index in [1.54, 1.807) is 4.90 Å². The number of ether oxygens (including phenoxy) is 1. The number of nitrogens with one attached hydrogen (secondary N) is 1. The molecule has 1 aliphatic heterocycles. The smallest absolute Gasteiger partial charge is 0.410 e. The number of carbonyl (C=O) groups excluding carboxylic acids is 1. The average Bonchev–Trinajstić information content (AvgIpc) is 2.55. The Morgan fingerprint density at radius 1 is 1.54 bits per heavy atom. The van der Waals surface area contributed by atoms with Gasteiger partial charge < -0.3 is 15.0 Å². The predicted octanol–water partition coefficient (Wildman–Crippen LogP) is 0.827. The van der Waals surface area contributed by atoms with E-state index in [-0.39, 0.29) is 12.2 Å². The Morgan fingerprint density at radius 2 is 2.15 bits per heavy atom. The van der Waals surface area contributed by atoms with Crippen molar-refractivity contribution in [2.75, 3.05) is 26.7 Å². The van der Waals surface area contributed by atoms with Gasteiger partial charge in [-0.1, -0.05) is 0 Å². The first kappa shape index (κ1) is 10.3. The van der Waals surface area contributed by atoms with Crippen LogP contribution < -0.4 is 5.32 Å². The first-order valence-corrected chi connectivity index (χ1v) is 4.84. The molecule has 0 spiro atoms. The second-order valence-electron chi connectivity index (χ2n) is 3.45. The van der Waals surface area contributed by atoms with Crippen molar-refractivity contribution >= 4 is 6.09 Å². The summed E-state index contributed by atoms with van der Waals surface area (Å²) in [4.78, 5) is 13.2. The molecule has 0 aromatic heterocycles. The van der Waals surface area contributed by atoms with Gasteiger partial charge in [0.25, 0.3) is 0 Å². The Hall–Kier alpha value is -0.770. The number of hydrogen-bond donors (Lipinski definition) is 1. The molecule has 1 unspecified atom stereocenters. The van der Waals surface area contributed by atoms with Gasteiger partial charge in [-0.05, 0) is 26.8 Å². The summed E-state index contributed by atoms with van der Waals surface area (Å²) in [5.41, 5.74) is 0. The second-order valence-corrected chi connectivity index (χ2v) is 3.45. The number of amides is 1. The van der Waals surface area contributed by atoms with Crippen LogP contribution in [0.25, 0.3) is 0 Å². The third kappa shape index (κ3) is 3.22. The molecule has 0 aromatic rings. The molecule has 1 rings (SSSR count). The minimum atomic E-state index is -0.166. The zero-order valence-corrected chi connectivity index (χ0v) is 8.38. The van der Waals surface area contributed by atoms with Gasteiger partial charge in [0.2, 0.25) is 0 Å². The fourth-order valence-corrected chi connectivity index (χ4v) is 1.48. The monoisotopic (exact) mass is 186 g/mol. The summed E-state index contributed by atoms with van der Waals surface area (Å²) in [6.45, 7) is 4.31. The maximum absolute atomic E-state index is 11.4. The first-order valence-electron chi connectivity index (χ1n) is 4.84. The van der Waals surface area contributed by atoms with Crippen LogP contribution in [-0.2, 0) is 4.74 Å². The Balaban J connectivity index is 2.23. The van der Waals surface area contributed by atoms with Gasteiger partial charge in [-0.25, -0.2) is 4.79 Å². The van der Waals surface area contributed by atoms with Gasteiger partial charge in [0, 0.05) is 19.6 Å². The standard InChI is InChI=1S/C9H18N2O2/c1-8(7-10-2)13-9(12)11-5-3-4-6-11/h8,10H,3-7H2,1-2H3. The number of likely N-dealkylation sites (N-methyl/N-ethyl adjacent to an activating group) is 1. The Morgan fingerprint density at radius 3 is 2.69 bits per heavy atom. The van der Waals surface area contributed by atoms with Crippen LogP contribution in [0.1, 0.15) is 19.8 Å². The minimum Gasteiger partial charge on any atom is -0.445 e. The van der Waals surface area contributed by atoms with E-state index in [1.807, 2.05) is 14.0 Å². The molecule has 4 nitrogen and oxygen atoms in total. The lowest BCUT2D eigenvalue weighted by Gasteiger charge is -2.19. The fourth-order valence-electron chi connectivity index (χ4n) is 1.48. The van der Waals surface area contributed by atoms with Gasteiger partial charge in [0.15, 0.2) is 0 Å². The second kappa shape index (κ2) is 5.07.